The van der Waals surface area contributed by atoms with Crippen LogP contribution in [-0.4, -0.2) is 39.3 Å². The van der Waals surface area contributed by atoms with Crippen LogP contribution >= 0.6 is 57.5 Å². The molecule has 2 heterocycles. The van der Waals surface area contributed by atoms with Crippen LogP contribution in [0.5, 0.6) is 0 Å². The van der Waals surface area contributed by atoms with Crippen LogP contribution in [0, 0.1) is 24.5 Å². The first-order chi connectivity index (χ1) is 36.4. The van der Waals surface area contributed by atoms with Gasteiger partial charge in [-0.3, -0.25) is 9.59 Å². The molecule has 0 atom stereocenters. The van der Waals surface area contributed by atoms with Gasteiger partial charge in [-0.15, -0.1) is 22.7 Å². The second-order valence-electron chi connectivity index (χ2n) is 17.8. The summed E-state index contributed by atoms with van der Waals surface area (Å²) in [6.45, 7) is 23.0. The molecule has 2 N–H and O–H groups in total. The van der Waals surface area contributed by atoms with Crippen LogP contribution in [-0.2, 0) is 20.4 Å². The SMILES string of the molecule is C.C.CC#N.CC1(C)c2cc(N(c3ccccc3)c3ccccc3)ccc2-c2sc(C=O)cc21.ClC(Cl)Cl.[C-]#[N+]/C(=C\c1cc2c(s1)-c1ccc(N(c3ccccc3)c3ccccc3)cc1C2(C)C)C(=O)O.[C-]#[N+]CC(=O)O. The number of carbonyl (C=O) groups is 3. The van der Waals surface area contributed by atoms with E-state index in [-0.39, 0.29) is 31.4 Å². The van der Waals surface area contributed by atoms with Crippen LogP contribution < -0.4 is 9.80 Å². The molecule has 6 aromatic carbocycles. The highest BCUT2D eigenvalue weighted by Crippen LogP contribution is 2.55. The summed E-state index contributed by atoms with van der Waals surface area (Å²) in [5.74, 6) is -2.26. The number of hydrogen-bond donors (Lipinski definition) is 2. The molecule has 398 valence electrons. The van der Waals surface area contributed by atoms with Gasteiger partial charge < -0.3 is 24.9 Å². The summed E-state index contributed by atoms with van der Waals surface area (Å²) >= 11 is 17.5. The molecule has 0 fully saturated rings. The van der Waals surface area contributed by atoms with Crippen LogP contribution in [0.3, 0.4) is 0 Å². The normalized spacial score (nSPS) is 12.1. The van der Waals surface area contributed by atoms with E-state index in [1.54, 1.807) is 17.4 Å². The first-order valence-corrected chi connectivity index (χ1v) is 26.3. The first kappa shape index (κ1) is 62.5. The van der Waals surface area contributed by atoms with Gasteiger partial charge in [0.1, 0.15) is 0 Å². The van der Waals surface area contributed by atoms with E-state index in [1.807, 2.05) is 54.6 Å². The van der Waals surface area contributed by atoms with Crippen LogP contribution in [0.1, 0.15) is 86.3 Å². The van der Waals surface area contributed by atoms with Crippen molar-refractivity contribution in [3.8, 4) is 27.0 Å². The Bertz CT molecular complexity index is 3410. The quantitative estimate of drug-likeness (QED) is 0.0599. The van der Waals surface area contributed by atoms with E-state index in [4.69, 9.17) is 58.3 Å². The molecule has 0 unspecified atom stereocenters. The number of aliphatic carboxylic acids is 2. The third-order valence-electron chi connectivity index (χ3n) is 12.2. The number of nitrogens with zero attached hydrogens (tertiary/aromatic N) is 5. The van der Waals surface area contributed by atoms with E-state index in [1.165, 1.54) is 51.5 Å². The number of hydrogen-bond acceptors (Lipinski definition) is 8. The number of carboxylic acid groups (broad SMARTS) is 2. The lowest BCUT2D eigenvalue weighted by Gasteiger charge is -2.28. The molecule has 10 nitrogen and oxygen atoms in total. The maximum atomic E-state index is 11.3. The Morgan fingerprint density at radius 2 is 0.936 bits per heavy atom. The number of anilines is 6. The minimum Gasteiger partial charge on any atom is -0.486 e. The summed E-state index contributed by atoms with van der Waals surface area (Å²) in [6.07, 6.45) is 2.43. The Labute approximate surface area is 480 Å². The molecule has 0 radical (unpaired) electrons. The zero-order valence-electron chi connectivity index (χ0n) is 41.9. The van der Waals surface area contributed by atoms with Gasteiger partial charge in [0.05, 0.1) is 17.5 Å². The average Bonchev–Trinajstić information content (AvgIpc) is 4.14. The summed E-state index contributed by atoms with van der Waals surface area (Å²) in [6, 6.07) is 60.7. The fraction of sp³-hybridized carbons (Fsp3) is 0.175. The molecule has 78 heavy (non-hydrogen) atoms. The number of carbonyl (C=O) groups excluding carboxylic acids is 1. The van der Waals surface area contributed by atoms with Crippen molar-refractivity contribution in [2.24, 2.45) is 0 Å². The molecule has 0 saturated carbocycles. The Morgan fingerprint density at radius 1 is 0.603 bits per heavy atom. The molecular weight excluding hydrogens is 1080 g/mol. The fourth-order valence-corrected chi connectivity index (χ4v) is 11.4. The molecule has 8 aromatic rings. The zero-order chi connectivity index (χ0) is 55.2. The number of carboxylic acids is 2. The van der Waals surface area contributed by atoms with Gasteiger partial charge in [0, 0.05) is 66.5 Å². The number of benzene rings is 6. The molecule has 0 aliphatic heterocycles. The van der Waals surface area contributed by atoms with E-state index in [2.05, 4.69) is 162 Å². The number of thiophene rings is 2. The third kappa shape index (κ3) is 14.5. The molecule has 0 bridgehead atoms. The molecule has 10 rings (SSSR count). The van der Waals surface area contributed by atoms with E-state index >= 15 is 0 Å². The van der Waals surface area contributed by atoms with Crippen molar-refractivity contribution in [2.75, 3.05) is 16.3 Å². The van der Waals surface area contributed by atoms with Gasteiger partial charge in [-0.25, -0.2) is 16.2 Å². The first-order valence-electron chi connectivity index (χ1n) is 23.4. The Hall–Kier alpha value is -7.99. The Balaban J connectivity index is 0.000000271. The Kier molecular flexibility index (Phi) is 22.8. The molecule has 0 spiro atoms. The number of halogens is 3. The maximum Gasteiger partial charge on any atom is 0.384 e. The predicted molar refractivity (Wildman–Crippen MR) is 326 cm³/mol. The highest BCUT2D eigenvalue weighted by Gasteiger charge is 2.39. The maximum absolute atomic E-state index is 11.3. The number of para-hydroxylation sites is 4. The van der Waals surface area contributed by atoms with Crippen molar-refractivity contribution in [3.63, 3.8) is 0 Å². The van der Waals surface area contributed by atoms with Gasteiger partial charge in [0.2, 0.25) is 0 Å². The molecule has 2 aliphatic rings. The predicted octanol–water partition coefficient (Wildman–Crippen LogP) is 19.0. The summed E-state index contributed by atoms with van der Waals surface area (Å²) in [7, 11) is 0. The van der Waals surface area contributed by atoms with Crippen molar-refractivity contribution in [1.29, 1.82) is 5.26 Å². The standard InChI is InChI=1S/C29H22N2O2S.C26H21NOS.C3H3NO2.C2H3N.CHCl3.2CH4/c1-29(2)24-16-21(31(19-10-6-4-7-11-19)20-12-8-5-9-13-20)14-15-23(24)27-25(29)17-22(34-27)18-26(30-3)28(32)33;1-26(2)23-15-20(13-14-22(23)25-24(26)16-21(17-28)29-25)27(18-9-5-3-6-10-18)19-11-7-4-8-12-19;1-4-2-3(5)6;1-2-3;2-1(3)4;;/h4-18H,1-2H3,(H,32,33);3-17H,1-2H3;2H2,(H,5,6);1H3;1H;2*1H4/b26-18-;;;;;;. The highest BCUT2D eigenvalue weighted by atomic mass is 35.6. The fourth-order valence-electron chi connectivity index (χ4n) is 8.89. The molecular formula is C63H58Cl3N5O5S2. The molecule has 2 aliphatic carbocycles. The lowest BCUT2D eigenvalue weighted by molar-refractivity contribution is -0.135. The second kappa shape index (κ2) is 28.4. The highest BCUT2D eigenvalue weighted by molar-refractivity contribution is 7.17. The lowest BCUT2D eigenvalue weighted by Crippen LogP contribution is -2.16. The largest absolute Gasteiger partial charge is 0.486 e. The third-order valence-corrected chi connectivity index (χ3v) is 14.4. The van der Waals surface area contributed by atoms with Crippen LogP contribution in [0.2, 0.25) is 0 Å². The molecule has 0 amide bonds. The number of aldehydes is 1. The number of nitriles is 1. The summed E-state index contributed by atoms with van der Waals surface area (Å²) in [5, 5.41) is 24.2. The smallest absolute Gasteiger partial charge is 0.384 e. The minimum absolute atomic E-state index is 0. The topological polar surface area (TPSA) is 131 Å². The van der Waals surface area contributed by atoms with Gasteiger partial charge in [-0.05, 0) is 124 Å². The number of rotatable bonds is 10. The van der Waals surface area contributed by atoms with Gasteiger partial charge >= 0.3 is 18.5 Å². The van der Waals surface area contributed by atoms with E-state index in [9.17, 15) is 19.5 Å². The van der Waals surface area contributed by atoms with Gasteiger partial charge in [0.15, 0.2) is 10.6 Å². The van der Waals surface area contributed by atoms with E-state index in [0.717, 1.165) is 66.2 Å². The molecule has 2 aromatic heterocycles. The van der Waals surface area contributed by atoms with Crippen molar-refractivity contribution < 1.29 is 24.6 Å². The van der Waals surface area contributed by atoms with Crippen molar-refractivity contribution >= 4 is 116 Å². The van der Waals surface area contributed by atoms with Crippen LogP contribution in [0.25, 0.3) is 36.6 Å². The lowest BCUT2D eigenvalue weighted by atomic mass is 9.82. The van der Waals surface area contributed by atoms with Gasteiger partial charge in [0.25, 0.3) is 5.70 Å². The summed E-state index contributed by atoms with van der Waals surface area (Å²) < 4.78 is -0.750. The van der Waals surface area contributed by atoms with Gasteiger partial charge in [-0.2, -0.15) is 5.26 Å². The summed E-state index contributed by atoms with van der Waals surface area (Å²) in [4.78, 5) is 46.2. The van der Waals surface area contributed by atoms with Crippen LogP contribution in [0.4, 0.5) is 34.1 Å². The molecule has 0 saturated heterocycles. The van der Waals surface area contributed by atoms with Crippen molar-refractivity contribution in [1.82, 2.24) is 0 Å². The van der Waals surface area contributed by atoms with Crippen molar-refractivity contribution in [2.45, 2.75) is 64.6 Å². The summed E-state index contributed by atoms with van der Waals surface area (Å²) in [5.41, 5.74) is 13.4. The van der Waals surface area contributed by atoms with Crippen LogP contribution in [0.15, 0.2) is 176 Å². The van der Waals surface area contributed by atoms with Gasteiger partial charge in [-0.1, -0.05) is 162 Å². The monoisotopic (exact) mass is 1130 g/mol. The second-order valence-corrected chi connectivity index (χ2v) is 21.9. The van der Waals surface area contributed by atoms with E-state index < -0.39 is 22.8 Å². The average molecular weight is 1140 g/mol. The molecule has 15 heteroatoms. The number of alkyl halides is 3. The van der Waals surface area contributed by atoms with Crippen molar-refractivity contribution in [3.05, 3.63) is 230 Å². The number of fused-ring (bicyclic) bond motifs is 6. The minimum atomic E-state index is -1.20. The Morgan fingerprint density at radius 3 is 1.22 bits per heavy atom. The van der Waals surface area contributed by atoms with E-state index in [0.29, 0.717) is 0 Å². The zero-order valence-corrected chi connectivity index (χ0v) is 45.8.